The molecule has 0 heterocycles. The number of rotatable bonds is 15. The first-order valence-corrected chi connectivity index (χ1v) is 10.9. The minimum absolute atomic E-state index is 0.0527. The van der Waals surface area contributed by atoms with Gasteiger partial charge in [0.1, 0.15) is 12.4 Å². The van der Waals surface area contributed by atoms with Crippen LogP contribution in [0.25, 0.3) is 0 Å². The maximum atomic E-state index is 12.2. The number of benzene rings is 2. The van der Waals surface area contributed by atoms with Gasteiger partial charge in [-0.2, -0.15) is 0 Å². The second-order valence-corrected chi connectivity index (χ2v) is 7.53. The van der Waals surface area contributed by atoms with Crippen molar-refractivity contribution in [3.05, 3.63) is 65.7 Å². The summed E-state index contributed by atoms with van der Waals surface area (Å²) < 4.78 is 5.75. The van der Waals surface area contributed by atoms with Crippen LogP contribution < -0.4 is 10.1 Å². The Kier molecular flexibility index (Phi) is 11.1. The lowest BCUT2D eigenvalue weighted by Crippen LogP contribution is -2.24. The van der Waals surface area contributed by atoms with Gasteiger partial charge in [-0.3, -0.25) is 9.59 Å². The number of hydrogen-bond donors (Lipinski definition) is 2. The zero-order valence-corrected chi connectivity index (χ0v) is 17.6. The molecule has 0 aromatic heterocycles. The normalized spacial score (nSPS) is 10.5. The van der Waals surface area contributed by atoms with E-state index in [1.165, 1.54) is 6.42 Å². The van der Waals surface area contributed by atoms with Crippen LogP contribution in [-0.2, 0) is 11.4 Å². The van der Waals surface area contributed by atoms with E-state index in [0.717, 1.165) is 56.3 Å². The third kappa shape index (κ3) is 10.1. The predicted molar refractivity (Wildman–Crippen MR) is 119 cm³/mol. The molecule has 30 heavy (non-hydrogen) atoms. The van der Waals surface area contributed by atoms with E-state index in [9.17, 15) is 9.59 Å². The molecule has 0 fully saturated rings. The van der Waals surface area contributed by atoms with Gasteiger partial charge in [0, 0.05) is 18.5 Å². The van der Waals surface area contributed by atoms with Gasteiger partial charge in [0.2, 0.25) is 0 Å². The molecule has 0 unspecified atom stereocenters. The van der Waals surface area contributed by atoms with E-state index in [0.29, 0.717) is 18.7 Å². The summed E-state index contributed by atoms with van der Waals surface area (Å²) in [5.41, 5.74) is 1.75. The monoisotopic (exact) mass is 411 g/mol. The van der Waals surface area contributed by atoms with Crippen LogP contribution in [0.4, 0.5) is 0 Å². The minimum atomic E-state index is -0.704. The zero-order valence-electron chi connectivity index (χ0n) is 17.6. The second-order valence-electron chi connectivity index (χ2n) is 7.53. The van der Waals surface area contributed by atoms with E-state index < -0.39 is 5.97 Å². The summed E-state index contributed by atoms with van der Waals surface area (Å²) >= 11 is 0. The Morgan fingerprint density at radius 1 is 0.767 bits per heavy atom. The van der Waals surface area contributed by atoms with Crippen molar-refractivity contribution in [1.29, 1.82) is 0 Å². The Labute approximate surface area is 179 Å². The molecule has 0 atom stereocenters. The van der Waals surface area contributed by atoms with E-state index in [1.54, 1.807) is 12.1 Å². The molecule has 0 aliphatic rings. The van der Waals surface area contributed by atoms with Crippen molar-refractivity contribution in [2.24, 2.45) is 0 Å². The van der Waals surface area contributed by atoms with E-state index in [4.69, 9.17) is 9.84 Å². The topological polar surface area (TPSA) is 75.6 Å². The Morgan fingerprint density at radius 2 is 1.37 bits per heavy atom. The molecule has 0 aliphatic heterocycles. The number of amides is 1. The van der Waals surface area contributed by atoms with Crippen LogP contribution in [0, 0.1) is 0 Å². The number of aliphatic carboxylic acids is 1. The third-order valence-electron chi connectivity index (χ3n) is 4.97. The van der Waals surface area contributed by atoms with Gasteiger partial charge in [-0.05, 0) is 42.7 Å². The standard InChI is InChI=1S/C25H33NO4/c27-24(28)14-10-5-3-1-2-4-6-11-19-26-25(29)22-15-17-23(18-16-22)30-20-21-12-8-7-9-13-21/h7-9,12-13,15-18H,1-6,10-11,14,19-20H2,(H,26,29)(H,27,28). The number of carbonyl (C=O) groups excluding carboxylic acids is 1. The first-order valence-electron chi connectivity index (χ1n) is 10.9. The Balaban J connectivity index is 1.51. The molecule has 0 aliphatic carbocycles. The molecule has 1 amide bonds. The van der Waals surface area contributed by atoms with Crippen molar-refractivity contribution >= 4 is 11.9 Å². The van der Waals surface area contributed by atoms with Crippen molar-refractivity contribution in [2.45, 2.75) is 64.4 Å². The molecule has 0 spiro atoms. The molecule has 0 saturated carbocycles. The van der Waals surface area contributed by atoms with Crippen LogP contribution in [0.15, 0.2) is 54.6 Å². The Morgan fingerprint density at radius 3 is 2.00 bits per heavy atom. The predicted octanol–water partition coefficient (Wildman–Crippen LogP) is 5.59. The fourth-order valence-corrected chi connectivity index (χ4v) is 3.21. The van der Waals surface area contributed by atoms with E-state index in [2.05, 4.69) is 5.32 Å². The first kappa shape index (κ1) is 23.5. The smallest absolute Gasteiger partial charge is 0.303 e. The van der Waals surface area contributed by atoms with Gasteiger partial charge in [0.15, 0.2) is 0 Å². The van der Waals surface area contributed by atoms with Crippen molar-refractivity contribution < 1.29 is 19.4 Å². The Bertz CT molecular complexity index is 744. The van der Waals surface area contributed by atoms with Gasteiger partial charge in [-0.15, -0.1) is 0 Å². The van der Waals surface area contributed by atoms with Crippen molar-refractivity contribution in [3.63, 3.8) is 0 Å². The summed E-state index contributed by atoms with van der Waals surface area (Å²) in [6.45, 7) is 1.19. The molecule has 2 aromatic carbocycles. The summed E-state index contributed by atoms with van der Waals surface area (Å²) in [6, 6.07) is 17.2. The zero-order chi connectivity index (χ0) is 21.4. The highest BCUT2D eigenvalue weighted by Gasteiger charge is 2.05. The average Bonchev–Trinajstić information content (AvgIpc) is 2.76. The molecule has 2 N–H and O–H groups in total. The van der Waals surface area contributed by atoms with Crippen LogP contribution in [0.5, 0.6) is 5.75 Å². The number of carbonyl (C=O) groups is 2. The number of hydrogen-bond acceptors (Lipinski definition) is 3. The highest BCUT2D eigenvalue weighted by Crippen LogP contribution is 2.14. The largest absolute Gasteiger partial charge is 0.489 e. The molecule has 5 nitrogen and oxygen atoms in total. The lowest BCUT2D eigenvalue weighted by molar-refractivity contribution is -0.137. The lowest BCUT2D eigenvalue weighted by Gasteiger charge is -2.08. The second kappa shape index (κ2) is 14.2. The number of carboxylic acids is 1. The van der Waals surface area contributed by atoms with E-state index >= 15 is 0 Å². The summed E-state index contributed by atoms with van der Waals surface area (Å²) in [7, 11) is 0. The van der Waals surface area contributed by atoms with Crippen LogP contribution in [0.2, 0.25) is 0 Å². The van der Waals surface area contributed by atoms with Crippen molar-refractivity contribution in [2.75, 3.05) is 6.54 Å². The highest BCUT2D eigenvalue weighted by atomic mass is 16.5. The average molecular weight is 412 g/mol. The molecule has 5 heteroatoms. The fourth-order valence-electron chi connectivity index (χ4n) is 3.21. The molecule has 0 bridgehead atoms. The first-order chi connectivity index (χ1) is 14.6. The fraction of sp³-hybridized carbons (Fsp3) is 0.440. The van der Waals surface area contributed by atoms with Crippen LogP contribution in [-0.4, -0.2) is 23.5 Å². The summed E-state index contributed by atoms with van der Waals surface area (Å²) in [4.78, 5) is 22.7. The minimum Gasteiger partial charge on any atom is -0.489 e. The van der Waals surface area contributed by atoms with Crippen LogP contribution >= 0.6 is 0 Å². The quantitative estimate of drug-likeness (QED) is 0.375. The number of carboxylic acid groups (broad SMARTS) is 1. The molecule has 0 saturated heterocycles. The molecular formula is C25H33NO4. The SMILES string of the molecule is O=C(O)CCCCCCCCCCNC(=O)c1ccc(OCc2ccccc2)cc1. The number of nitrogens with one attached hydrogen (secondary N) is 1. The van der Waals surface area contributed by atoms with Crippen molar-refractivity contribution in [1.82, 2.24) is 5.32 Å². The van der Waals surface area contributed by atoms with Gasteiger partial charge in [-0.25, -0.2) is 0 Å². The summed E-state index contributed by atoms with van der Waals surface area (Å²) in [5.74, 6) is -0.00853. The summed E-state index contributed by atoms with van der Waals surface area (Å²) in [5, 5.41) is 11.6. The van der Waals surface area contributed by atoms with E-state index in [-0.39, 0.29) is 12.3 Å². The van der Waals surface area contributed by atoms with Gasteiger partial charge in [0.05, 0.1) is 0 Å². The van der Waals surface area contributed by atoms with Gasteiger partial charge < -0.3 is 15.2 Å². The summed E-state index contributed by atoms with van der Waals surface area (Å²) in [6.07, 6.45) is 8.72. The van der Waals surface area contributed by atoms with Gasteiger partial charge in [-0.1, -0.05) is 68.9 Å². The molecule has 2 rings (SSSR count). The maximum Gasteiger partial charge on any atom is 0.303 e. The van der Waals surface area contributed by atoms with Crippen LogP contribution in [0.3, 0.4) is 0 Å². The van der Waals surface area contributed by atoms with E-state index in [1.807, 2.05) is 42.5 Å². The molecular weight excluding hydrogens is 378 g/mol. The molecule has 2 aromatic rings. The van der Waals surface area contributed by atoms with Crippen LogP contribution in [0.1, 0.15) is 73.7 Å². The molecule has 162 valence electrons. The number of ether oxygens (including phenoxy) is 1. The maximum absolute atomic E-state index is 12.2. The van der Waals surface area contributed by atoms with Crippen molar-refractivity contribution in [3.8, 4) is 5.75 Å². The van der Waals surface area contributed by atoms with Gasteiger partial charge in [0.25, 0.3) is 5.91 Å². The molecule has 0 radical (unpaired) electrons. The lowest BCUT2D eigenvalue weighted by atomic mass is 10.1. The highest BCUT2D eigenvalue weighted by molar-refractivity contribution is 5.94. The Hall–Kier alpha value is -2.82. The number of unbranched alkanes of at least 4 members (excludes halogenated alkanes) is 7. The third-order valence-corrected chi connectivity index (χ3v) is 4.97. The van der Waals surface area contributed by atoms with Gasteiger partial charge >= 0.3 is 5.97 Å².